The van der Waals surface area contributed by atoms with Crippen molar-refractivity contribution in [2.24, 2.45) is 4.99 Å². The summed E-state index contributed by atoms with van der Waals surface area (Å²) in [6.45, 7) is 5.62. The highest BCUT2D eigenvalue weighted by molar-refractivity contribution is 6.29. The minimum Gasteiger partial charge on any atom is -0.357 e. The van der Waals surface area contributed by atoms with Crippen LogP contribution in [-0.2, 0) is 6.42 Å². The van der Waals surface area contributed by atoms with Gasteiger partial charge in [0.05, 0.1) is 0 Å². The molecule has 1 atom stereocenters. The molecule has 0 aliphatic heterocycles. The molecule has 0 fully saturated rings. The van der Waals surface area contributed by atoms with Gasteiger partial charge in [0.1, 0.15) is 16.8 Å². The number of aromatic nitrogens is 1. The van der Waals surface area contributed by atoms with E-state index in [1.165, 1.54) is 12.1 Å². The van der Waals surface area contributed by atoms with E-state index in [9.17, 15) is 8.78 Å². The van der Waals surface area contributed by atoms with Gasteiger partial charge in [0.15, 0.2) is 5.96 Å². The Hall–Kier alpha value is -2.21. The van der Waals surface area contributed by atoms with Crippen LogP contribution in [-0.4, -0.2) is 30.6 Å². The highest BCUT2D eigenvalue weighted by Gasteiger charge is 2.11. The van der Waals surface area contributed by atoms with E-state index in [2.05, 4.69) is 20.6 Å². The standard InChI is InChI=1S/C19H23ClF2N4/c1-3-23-19(24-9-8-14-4-7-18(20)25-12-14)26-11-13(2)16-6-5-15(21)10-17(16)22/h4-7,10,12-13H,3,8-9,11H2,1-2H3,(H2,23,24,26). The number of nitrogens with one attached hydrogen (secondary N) is 2. The second kappa shape index (κ2) is 10.1. The fourth-order valence-corrected chi connectivity index (χ4v) is 2.56. The van der Waals surface area contributed by atoms with Gasteiger partial charge in [0.2, 0.25) is 0 Å². The van der Waals surface area contributed by atoms with E-state index >= 15 is 0 Å². The van der Waals surface area contributed by atoms with Gasteiger partial charge in [0, 0.05) is 37.8 Å². The van der Waals surface area contributed by atoms with Crippen molar-refractivity contribution >= 4 is 17.6 Å². The number of nitrogens with zero attached hydrogens (tertiary/aromatic N) is 2. The molecule has 0 amide bonds. The third-order valence-corrected chi connectivity index (χ3v) is 4.08. The molecule has 2 rings (SSSR count). The number of benzene rings is 1. The fraction of sp³-hybridized carbons (Fsp3) is 0.368. The van der Waals surface area contributed by atoms with Gasteiger partial charge in [-0.2, -0.15) is 0 Å². The minimum atomic E-state index is -0.575. The second-order valence-corrected chi connectivity index (χ2v) is 6.34. The summed E-state index contributed by atoms with van der Waals surface area (Å²) in [6.07, 6.45) is 2.52. The highest BCUT2D eigenvalue weighted by atomic mass is 35.5. The van der Waals surface area contributed by atoms with Crippen LogP contribution in [0, 0.1) is 11.6 Å². The summed E-state index contributed by atoms with van der Waals surface area (Å²) in [5.41, 5.74) is 1.53. The van der Waals surface area contributed by atoms with Crippen molar-refractivity contribution in [1.82, 2.24) is 15.6 Å². The summed E-state index contributed by atoms with van der Waals surface area (Å²) < 4.78 is 26.9. The quantitative estimate of drug-likeness (QED) is 0.435. The molecular formula is C19H23ClF2N4. The lowest BCUT2D eigenvalue weighted by Gasteiger charge is -2.14. The largest absolute Gasteiger partial charge is 0.357 e. The van der Waals surface area contributed by atoms with Gasteiger partial charge < -0.3 is 10.6 Å². The smallest absolute Gasteiger partial charge is 0.191 e. The Labute approximate surface area is 157 Å². The first-order valence-electron chi connectivity index (χ1n) is 8.57. The Morgan fingerprint density at radius 2 is 2.04 bits per heavy atom. The predicted octanol–water partition coefficient (Wildman–Crippen LogP) is 3.91. The van der Waals surface area contributed by atoms with Gasteiger partial charge >= 0.3 is 0 Å². The lowest BCUT2D eigenvalue weighted by molar-refractivity contribution is 0.560. The first kappa shape index (κ1) is 20.1. The van der Waals surface area contributed by atoms with Crippen molar-refractivity contribution in [3.63, 3.8) is 0 Å². The maximum absolute atomic E-state index is 13.9. The van der Waals surface area contributed by atoms with Crippen molar-refractivity contribution in [1.29, 1.82) is 0 Å². The molecule has 2 N–H and O–H groups in total. The van der Waals surface area contributed by atoms with E-state index < -0.39 is 11.6 Å². The summed E-state index contributed by atoms with van der Waals surface area (Å²) in [7, 11) is 0. The van der Waals surface area contributed by atoms with Crippen molar-refractivity contribution in [3.8, 4) is 0 Å². The topological polar surface area (TPSA) is 49.3 Å². The number of rotatable bonds is 7. The molecule has 0 radical (unpaired) electrons. The van der Waals surface area contributed by atoms with E-state index in [1.807, 2.05) is 19.9 Å². The van der Waals surface area contributed by atoms with Crippen LogP contribution in [0.1, 0.15) is 30.9 Å². The van der Waals surface area contributed by atoms with Crippen LogP contribution in [0.3, 0.4) is 0 Å². The Bertz CT molecular complexity index is 735. The fourth-order valence-electron chi connectivity index (χ4n) is 2.45. The molecule has 2 aromatic rings. The number of halogens is 3. The van der Waals surface area contributed by atoms with Gasteiger partial charge in [-0.15, -0.1) is 0 Å². The van der Waals surface area contributed by atoms with Crippen LogP contribution in [0.4, 0.5) is 8.78 Å². The zero-order chi connectivity index (χ0) is 18.9. The maximum atomic E-state index is 13.9. The predicted molar refractivity (Wildman–Crippen MR) is 102 cm³/mol. The number of guanidine groups is 1. The van der Waals surface area contributed by atoms with Crippen LogP contribution in [0.5, 0.6) is 0 Å². The van der Waals surface area contributed by atoms with Crippen LogP contribution in [0.2, 0.25) is 5.15 Å². The van der Waals surface area contributed by atoms with E-state index in [0.29, 0.717) is 36.3 Å². The van der Waals surface area contributed by atoms with Crippen LogP contribution in [0.15, 0.2) is 41.5 Å². The summed E-state index contributed by atoms with van der Waals surface area (Å²) in [4.78, 5) is 8.55. The van der Waals surface area contributed by atoms with E-state index in [-0.39, 0.29) is 5.92 Å². The highest BCUT2D eigenvalue weighted by Crippen LogP contribution is 2.20. The maximum Gasteiger partial charge on any atom is 0.191 e. The number of pyridine rings is 1. The molecule has 0 aliphatic rings. The molecule has 0 aliphatic carbocycles. The minimum absolute atomic E-state index is 0.161. The lowest BCUT2D eigenvalue weighted by Crippen LogP contribution is -2.38. The molecular weight excluding hydrogens is 358 g/mol. The Morgan fingerprint density at radius 3 is 2.69 bits per heavy atom. The SMILES string of the molecule is CCNC(=NCC(C)c1ccc(F)cc1F)NCCc1ccc(Cl)nc1. The third-order valence-electron chi connectivity index (χ3n) is 3.86. The molecule has 1 aromatic carbocycles. The van der Waals surface area contributed by atoms with Crippen LogP contribution < -0.4 is 10.6 Å². The Kier molecular flexibility index (Phi) is 7.78. The van der Waals surface area contributed by atoms with Crippen molar-refractivity contribution in [2.45, 2.75) is 26.2 Å². The molecule has 26 heavy (non-hydrogen) atoms. The molecule has 0 saturated heterocycles. The summed E-state index contributed by atoms with van der Waals surface area (Å²) in [5.74, 6) is -0.621. The third kappa shape index (κ3) is 6.26. The van der Waals surface area contributed by atoms with Crippen molar-refractivity contribution < 1.29 is 8.78 Å². The van der Waals surface area contributed by atoms with Crippen molar-refractivity contribution in [3.05, 3.63) is 64.4 Å². The second-order valence-electron chi connectivity index (χ2n) is 5.95. The molecule has 1 aromatic heterocycles. The summed E-state index contributed by atoms with van der Waals surface area (Å²) in [5, 5.41) is 6.87. The van der Waals surface area contributed by atoms with Gasteiger partial charge in [-0.3, -0.25) is 4.99 Å². The molecule has 0 saturated carbocycles. The number of hydrogen-bond acceptors (Lipinski definition) is 2. The van der Waals surface area contributed by atoms with Crippen molar-refractivity contribution in [2.75, 3.05) is 19.6 Å². The van der Waals surface area contributed by atoms with Gasteiger partial charge in [-0.1, -0.05) is 30.7 Å². The van der Waals surface area contributed by atoms with E-state index in [1.54, 1.807) is 12.3 Å². The zero-order valence-corrected chi connectivity index (χ0v) is 15.7. The summed E-state index contributed by atoms with van der Waals surface area (Å²) >= 11 is 5.78. The van der Waals surface area contributed by atoms with Gasteiger partial charge in [-0.05, 0) is 36.6 Å². The first-order chi connectivity index (χ1) is 12.5. The van der Waals surface area contributed by atoms with E-state index in [0.717, 1.165) is 18.1 Å². The number of aliphatic imine (C=N–C) groups is 1. The molecule has 0 bridgehead atoms. The van der Waals surface area contributed by atoms with Gasteiger partial charge in [0.25, 0.3) is 0 Å². The zero-order valence-electron chi connectivity index (χ0n) is 14.9. The average molecular weight is 381 g/mol. The monoisotopic (exact) mass is 380 g/mol. The summed E-state index contributed by atoms with van der Waals surface area (Å²) in [6, 6.07) is 7.33. The lowest BCUT2D eigenvalue weighted by atomic mass is 10.0. The van der Waals surface area contributed by atoms with Crippen LogP contribution in [0.25, 0.3) is 0 Å². The molecule has 4 nitrogen and oxygen atoms in total. The number of hydrogen-bond donors (Lipinski definition) is 2. The first-order valence-corrected chi connectivity index (χ1v) is 8.95. The molecule has 0 spiro atoms. The molecule has 140 valence electrons. The van der Waals surface area contributed by atoms with E-state index in [4.69, 9.17) is 11.6 Å². The normalized spacial score (nSPS) is 12.7. The molecule has 1 unspecified atom stereocenters. The molecule has 1 heterocycles. The van der Waals surface area contributed by atoms with Crippen LogP contribution >= 0.6 is 11.6 Å². The Morgan fingerprint density at radius 1 is 1.23 bits per heavy atom. The van der Waals surface area contributed by atoms with Gasteiger partial charge in [-0.25, -0.2) is 13.8 Å². The molecule has 7 heteroatoms. The average Bonchev–Trinajstić information content (AvgIpc) is 2.61. The Balaban J connectivity index is 1.91.